The largest absolute Gasteiger partial charge is 0.481 e. The maximum Gasteiger partial charge on any atom is 0.322 e. The van der Waals surface area contributed by atoms with Crippen molar-refractivity contribution >= 4 is 23.8 Å². The van der Waals surface area contributed by atoms with E-state index in [1.54, 1.807) is 24.3 Å². The number of piperazine rings is 1. The molecule has 0 aliphatic carbocycles. The van der Waals surface area contributed by atoms with E-state index in [4.69, 9.17) is 4.74 Å². The summed E-state index contributed by atoms with van der Waals surface area (Å²) in [5.74, 6) is 0.422. The van der Waals surface area contributed by atoms with Crippen molar-refractivity contribution in [3.8, 4) is 5.88 Å². The fourth-order valence-electron chi connectivity index (χ4n) is 2.66. The highest BCUT2D eigenvalue weighted by Gasteiger charge is 2.33. The summed E-state index contributed by atoms with van der Waals surface area (Å²) in [6, 6.07) is 0.326. The Labute approximate surface area is 138 Å². The van der Waals surface area contributed by atoms with Crippen LogP contribution in [0.15, 0.2) is 12.3 Å². The van der Waals surface area contributed by atoms with Crippen LogP contribution in [0.5, 0.6) is 5.88 Å². The number of ether oxygens (including phenoxy) is 1. The molecule has 3 rings (SSSR count). The van der Waals surface area contributed by atoms with Gasteiger partial charge < -0.3 is 19.9 Å². The van der Waals surface area contributed by atoms with E-state index in [9.17, 15) is 14.4 Å². The summed E-state index contributed by atoms with van der Waals surface area (Å²) in [4.78, 5) is 47.0. The summed E-state index contributed by atoms with van der Waals surface area (Å²) >= 11 is 0. The van der Waals surface area contributed by atoms with Gasteiger partial charge in [-0.3, -0.25) is 14.9 Å². The second-order valence-electron chi connectivity index (χ2n) is 5.49. The fourth-order valence-corrected chi connectivity index (χ4v) is 2.66. The molecule has 0 aromatic carbocycles. The third-order valence-corrected chi connectivity index (χ3v) is 3.98. The van der Waals surface area contributed by atoms with Crippen molar-refractivity contribution in [1.82, 2.24) is 25.5 Å². The molecule has 3 heterocycles. The maximum absolute atomic E-state index is 12.3. The number of nitrogens with zero attached hydrogens (tertiary/aromatic N) is 4. The predicted octanol–water partition coefficient (Wildman–Crippen LogP) is -1.27. The number of urea groups is 1. The van der Waals surface area contributed by atoms with Crippen molar-refractivity contribution in [3.05, 3.63) is 12.3 Å². The molecule has 10 heteroatoms. The van der Waals surface area contributed by atoms with Crippen LogP contribution in [0.4, 0.5) is 10.7 Å². The monoisotopic (exact) mass is 334 g/mol. The third-order valence-electron chi connectivity index (χ3n) is 3.98. The third kappa shape index (κ3) is 3.36. The molecule has 2 saturated heterocycles. The molecular formula is C14H18N6O4. The molecule has 1 unspecified atom stereocenters. The number of anilines is 1. The van der Waals surface area contributed by atoms with Gasteiger partial charge in [-0.05, 0) is 0 Å². The quantitative estimate of drug-likeness (QED) is 0.660. The highest BCUT2D eigenvalue weighted by molar-refractivity contribution is 6.05. The first-order chi connectivity index (χ1) is 11.6. The smallest absolute Gasteiger partial charge is 0.322 e. The van der Waals surface area contributed by atoms with Gasteiger partial charge in [0.15, 0.2) is 0 Å². The Morgan fingerprint density at radius 3 is 2.71 bits per heavy atom. The number of hydrogen-bond donors (Lipinski definition) is 2. The molecule has 4 amide bonds. The molecule has 2 aliphatic rings. The van der Waals surface area contributed by atoms with Crippen LogP contribution in [-0.4, -0.2) is 72.0 Å². The van der Waals surface area contributed by atoms with Gasteiger partial charge in [0, 0.05) is 38.4 Å². The molecule has 0 saturated carbocycles. The SMILES string of the molecule is COc1ccnc(N2CCN(C(=O)CC3NC(=O)NC3=O)CC2)n1. The Bertz CT molecular complexity index is 658. The van der Waals surface area contributed by atoms with Gasteiger partial charge in [-0.15, -0.1) is 0 Å². The first-order valence-corrected chi connectivity index (χ1v) is 7.58. The molecule has 0 bridgehead atoms. The van der Waals surface area contributed by atoms with Crippen LogP contribution in [-0.2, 0) is 9.59 Å². The first kappa shape index (κ1) is 16.0. The van der Waals surface area contributed by atoms with E-state index in [1.807, 2.05) is 4.90 Å². The van der Waals surface area contributed by atoms with Gasteiger partial charge in [0.25, 0.3) is 5.91 Å². The Kier molecular flexibility index (Phi) is 4.45. The Morgan fingerprint density at radius 2 is 2.08 bits per heavy atom. The molecule has 2 aliphatic heterocycles. The Hall–Kier alpha value is -2.91. The highest BCUT2D eigenvalue weighted by Crippen LogP contribution is 2.15. The van der Waals surface area contributed by atoms with Crippen LogP contribution >= 0.6 is 0 Å². The fraction of sp³-hybridized carbons (Fsp3) is 0.500. The number of carbonyl (C=O) groups is 3. The zero-order valence-corrected chi connectivity index (χ0v) is 13.2. The van der Waals surface area contributed by atoms with E-state index >= 15 is 0 Å². The lowest BCUT2D eigenvalue weighted by Crippen LogP contribution is -2.50. The van der Waals surface area contributed by atoms with Crippen molar-refractivity contribution in [2.75, 3.05) is 38.2 Å². The average molecular weight is 334 g/mol. The van der Waals surface area contributed by atoms with Gasteiger partial charge in [-0.25, -0.2) is 9.78 Å². The van der Waals surface area contributed by atoms with Crippen LogP contribution in [0.25, 0.3) is 0 Å². The minimum atomic E-state index is -0.787. The lowest BCUT2D eigenvalue weighted by molar-refractivity contribution is -0.134. The summed E-state index contributed by atoms with van der Waals surface area (Å²) < 4.78 is 5.08. The van der Waals surface area contributed by atoms with Crippen molar-refractivity contribution in [3.63, 3.8) is 0 Å². The molecule has 2 N–H and O–H groups in total. The molecule has 0 spiro atoms. The van der Waals surface area contributed by atoms with Crippen molar-refractivity contribution in [2.24, 2.45) is 0 Å². The van der Waals surface area contributed by atoms with E-state index < -0.39 is 18.0 Å². The molecule has 0 radical (unpaired) electrons. The topological polar surface area (TPSA) is 117 Å². The van der Waals surface area contributed by atoms with Gasteiger partial charge in [0.2, 0.25) is 17.7 Å². The number of amides is 4. The van der Waals surface area contributed by atoms with E-state index in [-0.39, 0.29) is 12.3 Å². The summed E-state index contributed by atoms with van der Waals surface area (Å²) in [7, 11) is 1.54. The Balaban J connectivity index is 1.53. The van der Waals surface area contributed by atoms with Gasteiger partial charge in [0.1, 0.15) is 6.04 Å². The number of carbonyl (C=O) groups excluding carboxylic acids is 3. The first-order valence-electron chi connectivity index (χ1n) is 7.58. The van der Waals surface area contributed by atoms with E-state index in [2.05, 4.69) is 20.6 Å². The molecular weight excluding hydrogens is 316 g/mol. The lowest BCUT2D eigenvalue weighted by Gasteiger charge is -2.35. The highest BCUT2D eigenvalue weighted by atomic mass is 16.5. The van der Waals surface area contributed by atoms with Crippen LogP contribution in [0.3, 0.4) is 0 Å². The molecule has 128 valence electrons. The molecule has 1 atom stereocenters. The van der Waals surface area contributed by atoms with E-state index in [0.29, 0.717) is 38.0 Å². The molecule has 1 aromatic rings. The zero-order chi connectivity index (χ0) is 17.1. The maximum atomic E-state index is 12.3. The summed E-state index contributed by atoms with van der Waals surface area (Å²) in [5.41, 5.74) is 0. The van der Waals surface area contributed by atoms with Crippen LogP contribution < -0.4 is 20.3 Å². The number of imide groups is 1. The van der Waals surface area contributed by atoms with Crippen LogP contribution in [0.2, 0.25) is 0 Å². The van der Waals surface area contributed by atoms with Crippen LogP contribution in [0, 0.1) is 0 Å². The predicted molar refractivity (Wildman–Crippen MR) is 82.5 cm³/mol. The summed E-state index contributed by atoms with van der Waals surface area (Å²) in [6.07, 6.45) is 1.59. The van der Waals surface area contributed by atoms with Gasteiger partial charge >= 0.3 is 6.03 Å². The summed E-state index contributed by atoms with van der Waals surface area (Å²) in [6.45, 7) is 2.17. The minimum Gasteiger partial charge on any atom is -0.481 e. The van der Waals surface area contributed by atoms with Gasteiger partial charge in [0.05, 0.1) is 13.5 Å². The number of hydrogen-bond acceptors (Lipinski definition) is 7. The number of rotatable bonds is 4. The van der Waals surface area contributed by atoms with Crippen molar-refractivity contribution in [1.29, 1.82) is 0 Å². The molecule has 1 aromatic heterocycles. The average Bonchev–Trinajstić information content (AvgIpc) is 2.92. The molecule has 10 nitrogen and oxygen atoms in total. The number of nitrogens with one attached hydrogen (secondary N) is 2. The van der Waals surface area contributed by atoms with E-state index in [1.165, 1.54) is 0 Å². The van der Waals surface area contributed by atoms with Gasteiger partial charge in [-0.2, -0.15) is 4.98 Å². The summed E-state index contributed by atoms with van der Waals surface area (Å²) in [5, 5.41) is 4.55. The standard InChI is InChI=1S/C14H18N6O4/c1-24-10-2-3-15-13(17-10)20-6-4-19(5-7-20)11(21)8-9-12(22)18-14(23)16-9/h2-3,9H,4-8H2,1H3,(H2,16,18,22,23). The number of aromatic nitrogens is 2. The minimum absolute atomic E-state index is 0.0345. The second-order valence-corrected chi connectivity index (χ2v) is 5.49. The Morgan fingerprint density at radius 1 is 1.33 bits per heavy atom. The van der Waals surface area contributed by atoms with Crippen molar-refractivity contribution in [2.45, 2.75) is 12.5 Å². The van der Waals surface area contributed by atoms with Crippen molar-refractivity contribution < 1.29 is 19.1 Å². The number of methoxy groups -OCH3 is 1. The van der Waals surface area contributed by atoms with Crippen LogP contribution in [0.1, 0.15) is 6.42 Å². The van der Waals surface area contributed by atoms with E-state index in [0.717, 1.165) is 0 Å². The second kappa shape index (κ2) is 6.69. The van der Waals surface area contributed by atoms with Gasteiger partial charge in [-0.1, -0.05) is 0 Å². The molecule has 2 fully saturated rings. The molecule has 24 heavy (non-hydrogen) atoms. The normalized spacial score (nSPS) is 20.6. The zero-order valence-electron chi connectivity index (χ0n) is 13.2. The lowest BCUT2D eigenvalue weighted by atomic mass is 10.2.